The van der Waals surface area contributed by atoms with E-state index < -0.39 is 0 Å². The molecule has 17 heavy (non-hydrogen) atoms. The first kappa shape index (κ1) is 12.0. The van der Waals surface area contributed by atoms with Crippen LogP contribution in [0.15, 0.2) is 12.2 Å². The van der Waals surface area contributed by atoms with Gasteiger partial charge in [-0.05, 0) is 32.6 Å². The predicted octanol–water partition coefficient (Wildman–Crippen LogP) is 2.62. The fourth-order valence-electron chi connectivity index (χ4n) is 3.60. The zero-order chi connectivity index (χ0) is 12.1. The second-order valence-corrected chi connectivity index (χ2v) is 6.18. The highest BCUT2D eigenvalue weighted by Crippen LogP contribution is 2.63. The maximum Gasteiger partial charge on any atom is 0.316 e. The van der Waals surface area contributed by atoms with Gasteiger partial charge in [-0.2, -0.15) is 0 Å². The van der Waals surface area contributed by atoms with E-state index in [-0.39, 0.29) is 23.1 Å². The second-order valence-electron chi connectivity index (χ2n) is 5.42. The van der Waals surface area contributed by atoms with Gasteiger partial charge in [-0.1, -0.05) is 34.7 Å². The Morgan fingerprint density at radius 3 is 3.24 bits per heavy atom. The lowest BCUT2D eigenvalue weighted by Gasteiger charge is -2.45. The molecule has 0 bridgehead atoms. The van der Waals surface area contributed by atoms with Gasteiger partial charge in [0, 0.05) is 0 Å². The second kappa shape index (κ2) is 3.95. The Morgan fingerprint density at radius 1 is 1.65 bits per heavy atom. The fraction of sp³-hybridized carbons (Fsp3) is 0.769. The van der Waals surface area contributed by atoms with Crippen LogP contribution in [-0.2, 0) is 14.3 Å². The van der Waals surface area contributed by atoms with Crippen molar-refractivity contribution in [2.45, 2.75) is 50.4 Å². The number of carbonyl (C=O) groups excluding carboxylic acids is 1. The summed E-state index contributed by atoms with van der Waals surface area (Å²) in [6.07, 6.45) is 8.94. The topological polar surface area (TPSA) is 38.8 Å². The van der Waals surface area contributed by atoms with E-state index in [4.69, 9.17) is 9.47 Å². The van der Waals surface area contributed by atoms with Crippen molar-refractivity contribution in [3.63, 3.8) is 0 Å². The summed E-state index contributed by atoms with van der Waals surface area (Å²) < 4.78 is 12.0. The van der Waals surface area contributed by atoms with Crippen molar-refractivity contribution >= 4 is 28.6 Å². The van der Waals surface area contributed by atoms with E-state index in [1.807, 2.05) is 0 Å². The van der Waals surface area contributed by atoms with Gasteiger partial charge in [-0.25, -0.2) is 0 Å². The van der Waals surface area contributed by atoms with Crippen LogP contribution < -0.4 is 0 Å². The first-order valence-corrected chi connectivity index (χ1v) is 7.76. The predicted molar refractivity (Wildman–Crippen MR) is 72.1 cm³/mol. The molecule has 4 atom stereocenters. The summed E-state index contributed by atoms with van der Waals surface area (Å²) in [5.41, 5.74) is -0.147. The Morgan fingerprint density at radius 2 is 2.47 bits per heavy atom. The molecule has 2 fully saturated rings. The van der Waals surface area contributed by atoms with E-state index in [0.29, 0.717) is 10.5 Å². The summed E-state index contributed by atoms with van der Waals surface area (Å²) in [5.74, 6) is -0.106. The van der Waals surface area contributed by atoms with Crippen molar-refractivity contribution in [2.24, 2.45) is 5.41 Å². The van der Waals surface area contributed by atoms with Crippen LogP contribution in [0.5, 0.6) is 0 Å². The van der Waals surface area contributed by atoms with Gasteiger partial charge in [0.25, 0.3) is 0 Å². The van der Waals surface area contributed by atoms with Crippen LogP contribution in [0.1, 0.15) is 32.6 Å². The molecular weight excluding hydrogens is 331 g/mol. The molecule has 1 spiro atoms. The number of ether oxygens (including phenoxy) is 2. The minimum Gasteiger partial charge on any atom is -0.461 e. The monoisotopic (exact) mass is 348 g/mol. The van der Waals surface area contributed by atoms with Gasteiger partial charge in [-0.3, -0.25) is 4.79 Å². The molecule has 0 aromatic rings. The van der Waals surface area contributed by atoms with Gasteiger partial charge in [0.1, 0.15) is 11.7 Å². The third-order valence-electron chi connectivity index (χ3n) is 4.61. The minimum absolute atomic E-state index is 0.0138. The number of hydrogen-bond acceptors (Lipinski definition) is 3. The SMILES string of the molecule is C[C@]12C=CC[C@H]3O[C@]31CCC[C@H]2OC(=O)CI. The first-order valence-electron chi connectivity index (χ1n) is 6.23. The molecule has 0 radical (unpaired) electrons. The van der Waals surface area contributed by atoms with E-state index in [1.54, 1.807) is 0 Å². The fourth-order valence-corrected chi connectivity index (χ4v) is 3.78. The Balaban J connectivity index is 1.87. The minimum atomic E-state index is -0.115. The van der Waals surface area contributed by atoms with Gasteiger partial charge in [0.05, 0.1) is 15.9 Å². The zero-order valence-corrected chi connectivity index (χ0v) is 12.1. The quantitative estimate of drug-likeness (QED) is 0.253. The number of esters is 1. The Kier molecular flexibility index (Phi) is 2.78. The molecule has 0 N–H and O–H groups in total. The number of hydrogen-bond donors (Lipinski definition) is 0. The number of epoxide rings is 1. The van der Waals surface area contributed by atoms with E-state index >= 15 is 0 Å². The molecule has 1 saturated heterocycles. The van der Waals surface area contributed by atoms with Gasteiger partial charge in [0.2, 0.25) is 0 Å². The molecule has 1 heterocycles. The van der Waals surface area contributed by atoms with E-state index in [2.05, 4.69) is 41.7 Å². The molecule has 0 unspecified atom stereocenters. The molecule has 0 aromatic heterocycles. The highest BCUT2D eigenvalue weighted by atomic mass is 127. The Bertz CT molecular complexity index is 381. The van der Waals surface area contributed by atoms with E-state index in [9.17, 15) is 4.79 Å². The van der Waals surface area contributed by atoms with Crippen molar-refractivity contribution in [1.29, 1.82) is 0 Å². The maximum absolute atomic E-state index is 11.5. The van der Waals surface area contributed by atoms with Crippen LogP contribution in [-0.4, -0.2) is 28.2 Å². The molecule has 0 amide bonds. The van der Waals surface area contributed by atoms with E-state index in [1.165, 1.54) is 0 Å². The highest BCUT2D eigenvalue weighted by Gasteiger charge is 2.70. The summed E-state index contributed by atoms with van der Waals surface area (Å²) >= 11 is 2.05. The highest BCUT2D eigenvalue weighted by molar-refractivity contribution is 14.1. The van der Waals surface area contributed by atoms with Gasteiger partial charge < -0.3 is 9.47 Å². The van der Waals surface area contributed by atoms with Gasteiger partial charge in [-0.15, -0.1) is 0 Å². The smallest absolute Gasteiger partial charge is 0.316 e. The van der Waals surface area contributed by atoms with Crippen LogP contribution in [0.2, 0.25) is 0 Å². The molecule has 94 valence electrons. The maximum atomic E-state index is 11.5. The number of rotatable bonds is 2. The molecule has 3 nitrogen and oxygen atoms in total. The Hall–Kier alpha value is -0.100. The number of alkyl halides is 1. The largest absolute Gasteiger partial charge is 0.461 e. The van der Waals surface area contributed by atoms with Crippen LogP contribution >= 0.6 is 22.6 Å². The lowest BCUT2D eigenvalue weighted by atomic mass is 9.61. The molecular formula is C13H17IO3. The molecule has 3 aliphatic rings. The normalized spacial score (nSPS) is 46.9. The van der Waals surface area contributed by atoms with Crippen LogP contribution in [0.3, 0.4) is 0 Å². The van der Waals surface area contributed by atoms with Gasteiger partial charge in [0.15, 0.2) is 0 Å². The average molecular weight is 348 g/mol. The van der Waals surface area contributed by atoms with Crippen molar-refractivity contribution in [2.75, 3.05) is 4.43 Å². The van der Waals surface area contributed by atoms with Crippen LogP contribution in [0.4, 0.5) is 0 Å². The lowest BCUT2D eigenvalue weighted by molar-refractivity contribution is -0.156. The molecule has 1 aliphatic heterocycles. The number of carbonyl (C=O) groups is 1. The van der Waals surface area contributed by atoms with Crippen molar-refractivity contribution in [3.8, 4) is 0 Å². The van der Waals surface area contributed by atoms with Crippen molar-refractivity contribution in [3.05, 3.63) is 12.2 Å². The molecule has 0 aromatic carbocycles. The van der Waals surface area contributed by atoms with Crippen molar-refractivity contribution < 1.29 is 14.3 Å². The van der Waals surface area contributed by atoms with Crippen LogP contribution in [0, 0.1) is 5.41 Å². The standard InChI is InChI=1S/C13H17IO3/c1-12-6-2-5-10-13(12,17-10)7-3-4-9(12)16-11(15)8-14/h2,6,9-10H,3-5,7-8H2,1H3/t9-,10-,12-,13-/m1/s1. The summed E-state index contributed by atoms with van der Waals surface area (Å²) in [6.45, 7) is 2.19. The summed E-state index contributed by atoms with van der Waals surface area (Å²) in [5, 5.41) is 0. The summed E-state index contributed by atoms with van der Waals surface area (Å²) in [6, 6.07) is 0. The van der Waals surface area contributed by atoms with E-state index in [0.717, 1.165) is 25.7 Å². The first-order chi connectivity index (χ1) is 8.12. The lowest BCUT2D eigenvalue weighted by Crippen LogP contribution is -2.51. The third-order valence-corrected chi connectivity index (χ3v) is 5.23. The molecule has 1 saturated carbocycles. The summed E-state index contributed by atoms with van der Waals surface area (Å²) in [7, 11) is 0. The van der Waals surface area contributed by atoms with Gasteiger partial charge >= 0.3 is 5.97 Å². The average Bonchev–Trinajstić information content (AvgIpc) is 3.03. The molecule has 4 heteroatoms. The van der Waals surface area contributed by atoms with Crippen LogP contribution in [0.25, 0.3) is 0 Å². The number of halogens is 1. The summed E-state index contributed by atoms with van der Waals surface area (Å²) in [4.78, 5) is 11.5. The molecule has 3 rings (SSSR count). The Labute approximate surface area is 115 Å². The molecule has 2 aliphatic carbocycles. The van der Waals surface area contributed by atoms with Crippen molar-refractivity contribution in [1.82, 2.24) is 0 Å². The third kappa shape index (κ3) is 1.59. The zero-order valence-electron chi connectivity index (χ0n) is 9.95.